The van der Waals surface area contributed by atoms with E-state index in [1.165, 1.54) is 0 Å². The summed E-state index contributed by atoms with van der Waals surface area (Å²) in [5.74, 6) is 0.590. The van der Waals surface area contributed by atoms with E-state index >= 15 is 0 Å². The van der Waals surface area contributed by atoms with Crippen LogP contribution in [0.25, 0.3) is 22.4 Å². The van der Waals surface area contributed by atoms with Crippen LogP contribution in [-0.4, -0.2) is 92.9 Å². The number of likely N-dealkylation sites (tertiary alicyclic amines) is 2. The Morgan fingerprint density at radius 2 is 1.68 bits per heavy atom. The van der Waals surface area contributed by atoms with Gasteiger partial charge in [-0.25, -0.2) is 9.97 Å². The minimum atomic E-state index is -0.329. The van der Waals surface area contributed by atoms with Gasteiger partial charge in [-0.1, -0.05) is 53.5 Å². The highest BCUT2D eigenvalue weighted by Gasteiger charge is 2.52. The number of ether oxygens (including phenoxy) is 1. The van der Waals surface area contributed by atoms with Gasteiger partial charge in [-0.15, -0.1) is 0 Å². The van der Waals surface area contributed by atoms with E-state index in [0.717, 1.165) is 56.2 Å². The number of carbonyl (C=O) groups excluding carboxylic acids is 2. The largest absolute Gasteiger partial charge is 0.480 e. The molecule has 0 aliphatic carbocycles. The standard InChI is InChI=1S/C34H36Cl2N8O3/c1-20(45)44-18-34(19-44)16-43(17-34)15-27-33(47-4)40-25(13-37-27)23-9-5-7-21(29(23)35)22-8-6-10-24(30(22)36)39-32(46)31-38-26-14-41(2)12-11-28(26)42(31)3/h5-10,13H,11-12,14-19H2,1-4H3,(H,39,46). The number of benzene rings is 2. The summed E-state index contributed by atoms with van der Waals surface area (Å²) in [7, 11) is 5.51. The van der Waals surface area contributed by atoms with Crippen LogP contribution in [-0.2, 0) is 31.4 Å². The third kappa shape index (κ3) is 5.75. The van der Waals surface area contributed by atoms with Crippen molar-refractivity contribution >= 4 is 40.7 Å². The highest BCUT2D eigenvalue weighted by atomic mass is 35.5. The monoisotopic (exact) mass is 674 g/mol. The fourth-order valence-corrected chi connectivity index (χ4v) is 7.62. The molecule has 2 aromatic heterocycles. The molecule has 0 saturated carbocycles. The lowest BCUT2D eigenvalue weighted by atomic mass is 9.73. The van der Waals surface area contributed by atoms with Gasteiger partial charge in [-0.3, -0.25) is 19.5 Å². The lowest BCUT2D eigenvalue weighted by Gasteiger charge is -2.60. The maximum Gasteiger partial charge on any atom is 0.291 e. The van der Waals surface area contributed by atoms with Gasteiger partial charge < -0.3 is 24.4 Å². The smallest absolute Gasteiger partial charge is 0.291 e. The fourth-order valence-electron chi connectivity index (χ4n) is 7.03. The number of amides is 2. The Bertz CT molecular complexity index is 1900. The molecule has 1 N–H and O–H groups in total. The predicted molar refractivity (Wildman–Crippen MR) is 181 cm³/mol. The fraction of sp³-hybridized carbons (Fsp3) is 0.382. The van der Waals surface area contributed by atoms with Crippen LogP contribution in [0.15, 0.2) is 42.6 Å². The molecule has 2 amide bonds. The Morgan fingerprint density at radius 1 is 0.979 bits per heavy atom. The summed E-state index contributed by atoms with van der Waals surface area (Å²) in [6.07, 6.45) is 2.55. The third-order valence-corrected chi connectivity index (χ3v) is 10.3. The molecule has 2 aromatic carbocycles. The van der Waals surface area contributed by atoms with E-state index < -0.39 is 0 Å². The van der Waals surface area contributed by atoms with Crippen LogP contribution in [0, 0.1) is 5.41 Å². The van der Waals surface area contributed by atoms with Crippen LogP contribution >= 0.6 is 23.2 Å². The predicted octanol–water partition coefficient (Wildman–Crippen LogP) is 4.76. The molecule has 2 saturated heterocycles. The molecule has 13 heteroatoms. The van der Waals surface area contributed by atoms with E-state index in [4.69, 9.17) is 37.9 Å². The maximum atomic E-state index is 13.4. The molecule has 7 rings (SSSR count). The average molecular weight is 676 g/mol. The average Bonchev–Trinajstić information content (AvgIpc) is 3.34. The Balaban J connectivity index is 1.09. The molecular formula is C34H36Cl2N8O3. The Morgan fingerprint density at radius 3 is 2.40 bits per heavy atom. The van der Waals surface area contributed by atoms with Crippen molar-refractivity contribution in [3.8, 4) is 28.3 Å². The molecule has 0 bridgehead atoms. The molecule has 3 aliphatic rings. The van der Waals surface area contributed by atoms with Crippen LogP contribution in [0.1, 0.15) is 34.6 Å². The number of imidazole rings is 1. The molecule has 5 heterocycles. The van der Waals surface area contributed by atoms with Crippen molar-refractivity contribution < 1.29 is 14.3 Å². The number of nitrogens with one attached hydrogen (secondary N) is 1. The zero-order valence-corrected chi connectivity index (χ0v) is 28.3. The molecule has 2 fully saturated rings. The van der Waals surface area contributed by atoms with Gasteiger partial charge in [0.25, 0.3) is 5.91 Å². The number of rotatable bonds is 7. The van der Waals surface area contributed by atoms with Crippen molar-refractivity contribution in [3.05, 3.63) is 75.5 Å². The maximum absolute atomic E-state index is 13.4. The van der Waals surface area contributed by atoms with Crippen LogP contribution in [0.2, 0.25) is 10.0 Å². The molecule has 0 unspecified atom stereocenters. The van der Waals surface area contributed by atoms with Gasteiger partial charge in [0.2, 0.25) is 11.8 Å². The number of nitrogens with zero attached hydrogens (tertiary/aromatic N) is 7. The van der Waals surface area contributed by atoms with Gasteiger partial charge in [0.15, 0.2) is 5.82 Å². The van der Waals surface area contributed by atoms with Crippen LogP contribution in [0.4, 0.5) is 5.69 Å². The number of carbonyl (C=O) groups is 2. The highest BCUT2D eigenvalue weighted by molar-refractivity contribution is 6.39. The van der Waals surface area contributed by atoms with Crippen molar-refractivity contribution in [2.45, 2.75) is 26.4 Å². The van der Waals surface area contributed by atoms with Crippen molar-refractivity contribution in [1.82, 2.24) is 34.2 Å². The zero-order valence-electron chi connectivity index (χ0n) is 26.8. The number of aromatic nitrogens is 4. The van der Waals surface area contributed by atoms with Crippen LogP contribution in [0.5, 0.6) is 5.88 Å². The summed E-state index contributed by atoms with van der Waals surface area (Å²) in [6.45, 7) is 7.33. The summed E-state index contributed by atoms with van der Waals surface area (Å²) in [6, 6.07) is 11.1. The quantitative estimate of drug-likeness (QED) is 0.299. The zero-order chi connectivity index (χ0) is 33.0. The van der Waals surface area contributed by atoms with E-state index in [0.29, 0.717) is 62.9 Å². The van der Waals surface area contributed by atoms with E-state index in [2.05, 4.69) is 20.1 Å². The first-order valence-corrected chi connectivity index (χ1v) is 16.3. The van der Waals surface area contributed by atoms with Crippen molar-refractivity contribution in [2.75, 3.05) is 52.2 Å². The number of likely N-dealkylation sites (N-methyl/N-ethyl adjacent to an activating group) is 1. The molecule has 244 valence electrons. The first-order valence-electron chi connectivity index (χ1n) is 15.6. The topological polar surface area (TPSA) is 109 Å². The lowest BCUT2D eigenvalue weighted by Crippen LogP contribution is -2.72. The first kappa shape index (κ1) is 31.6. The molecule has 0 atom stereocenters. The molecule has 3 aliphatic heterocycles. The summed E-state index contributed by atoms with van der Waals surface area (Å²) < 4.78 is 7.52. The van der Waals surface area contributed by atoms with Gasteiger partial charge in [-0.2, -0.15) is 0 Å². The summed E-state index contributed by atoms with van der Waals surface area (Å²) >= 11 is 13.9. The number of anilines is 1. The van der Waals surface area contributed by atoms with Gasteiger partial charge in [-0.05, 0) is 13.1 Å². The van der Waals surface area contributed by atoms with E-state index in [1.54, 1.807) is 26.3 Å². The Hall–Kier alpha value is -4.03. The molecule has 47 heavy (non-hydrogen) atoms. The third-order valence-electron chi connectivity index (χ3n) is 9.46. The van der Waals surface area contributed by atoms with Gasteiger partial charge in [0.1, 0.15) is 5.69 Å². The van der Waals surface area contributed by atoms with Crippen LogP contribution < -0.4 is 10.1 Å². The normalized spacial score (nSPS) is 17.2. The molecular weight excluding hydrogens is 639 g/mol. The SMILES string of the molecule is COc1nc(-c2cccc(-c3cccc(NC(=O)c4nc5c(n4C)CCN(C)C5)c3Cl)c2Cl)cnc1CN1CC2(C1)CN(C(C)=O)C2. The van der Waals surface area contributed by atoms with Gasteiger partial charge >= 0.3 is 0 Å². The molecule has 4 aromatic rings. The van der Waals surface area contributed by atoms with E-state index in [1.807, 2.05) is 53.9 Å². The molecule has 0 radical (unpaired) electrons. The second-order valence-electron chi connectivity index (χ2n) is 12.9. The molecule has 11 nitrogen and oxygen atoms in total. The van der Waals surface area contributed by atoms with Crippen LogP contribution in [0.3, 0.4) is 0 Å². The number of hydrogen-bond donors (Lipinski definition) is 1. The number of halogens is 2. The van der Waals surface area contributed by atoms with Gasteiger partial charge in [0.05, 0.1) is 40.4 Å². The summed E-state index contributed by atoms with van der Waals surface area (Å²) in [5.41, 5.74) is 6.02. The summed E-state index contributed by atoms with van der Waals surface area (Å²) in [4.78, 5) is 45.5. The van der Waals surface area contributed by atoms with E-state index in [-0.39, 0.29) is 17.2 Å². The first-order chi connectivity index (χ1) is 22.6. The van der Waals surface area contributed by atoms with E-state index in [9.17, 15) is 9.59 Å². The minimum Gasteiger partial charge on any atom is -0.480 e. The highest BCUT2D eigenvalue weighted by Crippen LogP contribution is 2.43. The minimum absolute atomic E-state index is 0.133. The Kier molecular flexibility index (Phi) is 8.20. The van der Waals surface area contributed by atoms with Crippen molar-refractivity contribution in [3.63, 3.8) is 0 Å². The number of fused-ring (bicyclic) bond motifs is 1. The number of methoxy groups -OCH3 is 1. The van der Waals surface area contributed by atoms with Crippen molar-refractivity contribution in [2.24, 2.45) is 12.5 Å². The second-order valence-corrected chi connectivity index (χ2v) is 13.7. The lowest BCUT2D eigenvalue weighted by molar-refractivity contribution is -0.157. The van der Waals surface area contributed by atoms with Crippen molar-refractivity contribution in [1.29, 1.82) is 0 Å². The molecule has 1 spiro atoms. The second kappa shape index (κ2) is 12.2. The summed E-state index contributed by atoms with van der Waals surface area (Å²) in [5, 5.41) is 3.77. The van der Waals surface area contributed by atoms with Gasteiger partial charge in [0, 0.05) is 94.0 Å². The number of hydrogen-bond acceptors (Lipinski definition) is 8. The Labute approximate surface area is 283 Å².